The monoisotopic (exact) mass is 368 g/mol. The fourth-order valence-corrected chi connectivity index (χ4v) is 6.69. The number of hydrogen-bond acceptors (Lipinski definition) is 3. The van der Waals surface area contributed by atoms with Crippen molar-refractivity contribution in [3.63, 3.8) is 0 Å². The molecule has 0 spiro atoms. The molecule has 0 atom stereocenters. The van der Waals surface area contributed by atoms with Gasteiger partial charge < -0.3 is 5.32 Å². The lowest BCUT2D eigenvalue weighted by Gasteiger charge is -2.28. The molecule has 2 aliphatic carbocycles. The SMILES string of the molecule is O=C(CC1CCCCC1)NC1CCC(C(=O)N=S2(=O)CCCC2)CC1. The van der Waals surface area contributed by atoms with Crippen LogP contribution in [-0.4, -0.2) is 33.6 Å². The molecular formula is C19H32N2O3S. The zero-order valence-corrected chi connectivity index (χ0v) is 16.0. The predicted molar refractivity (Wildman–Crippen MR) is 99.6 cm³/mol. The zero-order valence-electron chi connectivity index (χ0n) is 15.2. The molecule has 2 amide bonds. The van der Waals surface area contributed by atoms with Gasteiger partial charge in [-0.3, -0.25) is 9.59 Å². The van der Waals surface area contributed by atoms with Gasteiger partial charge in [0.25, 0.3) is 5.91 Å². The molecule has 0 aromatic heterocycles. The van der Waals surface area contributed by atoms with Crippen LogP contribution in [0.2, 0.25) is 0 Å². The number of rotatable bonds is 4. The second-order valence-electron chi connectivity index (χ2n) is 8.14. The second kappa shape index (κ2) is 8.65. The van der Waals surface area contributed by atoms with E-state index in [1.54, 1.807) is 0 Å². The third-order valence-electron chi connectivity index (χ3n) is 6.07. The Morgan fingerprint density at radius 3 is 2.16 bits per heavy atom. The summed E-state index contributed by atoms with van der Waals surface area (Å²) in [7, 11) is -2.25. The van der Waals surface area contributed by atoms with Gasteiger partial charge in [-0.1, -0.05) is 19.3 Å². The molecule has 5 nitrogen and oxygen atoms in total. The summed E-state index contributed by atoms with van der Waals surface area (Å²) < 4.78 is 16.5. The molecule has 0 bridgehead atoms. The van der Waals surface area contributed by atoms with Crippen LogP contribution >= 0.6 is 0 Å². The summed E-state index contributed by atoms with van der Waals surface area (Å²) in [6.45, 7) is 0. The normalized spacial score (nSPS) is 29.9. The molecule has 0 unspecified atom stereocenters. The predicted octanol–water partition coefficient (Wildman–Crippen LogP) is 3.42. The van der Waals surface area contributed by atoms with Gasteiger partial charge in [0.15, 0.2) is 0 Å². The maximum absolute atomic E-state index is 12.4. The number of carbonyl (C=O) groups is 2. The average Bonchev–Trinajstić information content (AvgIpc) is 3.02. The fourth-order valence-electron chi connectivity index (χ4n) is 4.51. The van der Waals surface area contributed by atoms with Gasteiger partial charge >= 0.3 is 0 Å². The minimum atomic E-state index is -2.25. The molecule has 0 aromatic rings. The van der Waals surface area contributed by atoms with Crippen LogP contribution in [0, 0.1) is 11.8 Å². The Hall–Kier alpha value is -0.910. The molecular weight excluding hydrogens is 336 g/mol. The van der Waals surface area contributed by atoms with Gasteiger partial charge in [-0.25, -0.2) is 4.21 Å². The van der Waals surface area contributed by atoms with Gasteiger partial charge in [-0.15, -0.1) is 0 Å². The van der Waals surface area contributed by atoms with Crippen molar-refractivity contribution in [2.45, 2.75) is 83.1 Å². The lowest BCUT2D eigenvalue weighted by Crippen LogP contribution is -2.39. The highest BCUT2D eigenvalue weighted by Gasteiger charge is 2.29. The molecule has 1 N–H and O–H groups in total. The van der Waals surface area contributed by atoms with Crippen LogP contribution in [-0.2, 0) is 19.3 Å². The van der Waals surface area contributed by atoms with E-state index in [2.05, 4.69) is 9.68 Å². The molecule has 2 saturated carbocycles. The highest BCUT2D eigenvalue weighted by Crippen LogP contribution is 2.28. The van der Waals surface area contributed by atoms with Crippen LogP contribution in [0.3, 0.4) is 0 Å². The minimum Gasteiger partial charge on any atom is -0.353 e. The van der Waals surface area contributed by atoms with E-state index in [0.29, 0.717) is 23.8 Å². The summed E-state index contributed by atoms with van der Waals surface area (Å²) in [6.07, 6.45) is 11.9. The first-order valence-electron chi connectivity index (χ1n) is 10.1. The number of hydrogen-bond donors (Lipinski definition) is 1. The molecule has 1 saturated heterocycles. The maximum Gasteiger partial charge on any atom is 0.256 e. The summed E-state index contributed by atoms with van der Waals surface area (Å²) in [5, 5.41) is 3.17. The van der Waals surface area contributed by atoms with Crippen molar-refractivity contribution in [1.29, 1.82) is 0 Å². The van der Waals surface area contributed by atoms with Crippen molar-refractivity contribution < 1.29 is 13.8 Å². The van der Waals surface area contributed by atoms with E-state index in [4.69, 9.17) is 0 Å². The maximum atomic E-state index is 12.4. The van der Waals surface area contributed by atoms with Crippen LogP contribution < -0.4 is 5.32 Å². The molecule has 0 aromatic carbocycles. The zero-order chi connectivity index (χ0) is 17.7. The van der Waals surface area contributed by atoms with Gasteiger partial charge in [-0.2, -0.15) is 4.36 Å². The van der Waals surface area contributed by atoms with Crippen molar-refractivity contribution in [3.8, 4) is 0 Å². The Morgan fingerprint density at radius 1 is 0.880 bits per heavy atom. The minimum absolute atomic E-state index is 0.0922. The van der Waals surface area contributed by atoms with E-state index in [-0.39, 0.29) is 23.8 Å². The van der Waals surface area contributed by atoms with Crippen LogP contribution in [0.4, 0.5) is 0 Å². The topological polar surface area (TPSA) is 75.6 Å². The Morgan fingerprint density at radius 2 is 1.52 bits per heavy atom. The van der Waals surface area contributed by atoms with Crippen LogP contribution in [0.5, 0.6) is 0 Å². The summed E-state index contributed by atoms with van der Waals surface area (Å²) in [5.41, 5.74) is 0. The van der Waals surface area contributed by atoms with Crippen molar-refractivity contribution in [2.24, 2.45) is 16.2 Å². The van der Waals surface area contributed by atoms with E-state index in [1.807, 2.05) is 0 Å². The van der Waals surface area contributed by atoms with E-state index in [9.17, 15) is 13.8 Å². The van der Waals surface area contributed by atoms with Gasteiger partial charge in [0, 0.05) is 29.9 Å². The highest BCUT2D eigenvalue weighted by atomic mass is 32.2. The van der Waals surface area contributed by atoms with E-state index in [1.165, 1.54) is 32.1 Å². The first-order chi connectivity index (χ1) is 12.0. The number of nitrogens with zero attached hydrogens (tertiary/aromatic N) is 1. The molecule has 6 heteroatoms. The average molecular weight is 369 g/mol. The summed E-state index contributed by atoms with van der Waals surface area (Å²) in [5.74, 6) is 1.68. The van der Waals surface area contributed by atoms with Crippen molar-refractivity contribution in [3.05, 3.63) is 0 Å². The van der Waals surface area contributed by atoms with Crippen LogP contribution in [0.25, 0.3) is 0 Å². The first kappa shape index (κ1) is 18.9. The van der Waals surface area contributed by atoms with E-state index >= 15 is 0 Å². The Balaban J connectivity index is 1.41. The molecule has 3 aliphatic rings. The standard InChI is InChI=1S/C19H32N2O3S/c22-18(14-15-6-2-1-3-7-15)20-17-10-8-16(9-11-17)19(23)21-25(24)12-4-5-13-25/h15-17H,1-14H2,(H,20,22). The van der Waals surface area contributed by atoms with Crippen LogP contribution in [0.1, 0.15) is 77.0 Å². The molecule has 1 aliphatic heterocycles. The molecule has 0 radical (unpaired) electrons. The van der Waals surface area contributed by atoms with Crippen molar-refractivity contribution >= 4 is 21.5 Å². The molecule has 3 fully saturated rings. The first-order valence-corrected chi connectivity index (χ1v) is 12.0. The van der Waals surface area contributed by atoms with Gasteiger partial charge in [0.2, 0.25) is 5.91 Å². The van der Waals surface area contributed by atoms with Crippen molar-refractivity contribution in [1.82, 2.24) is 5.32 Å². The molecule has 3 rings (SSSR count). The lowest BCUT2D eigenvalue weighted by atomic mass is 9.84. The number of amides is 2. The smallest absolute Gasteiger partial charge is 0.256 e. The summed E-state index contributed by atoms with van der Waals surface area (Å²) in [6, 6.07) is 0.195. The van der Waals surface area contributed by atoms with Crippen LogP contribution in [0.15, 0.2) is 4.36 Å². The Kier molecular flexibility index (Phi) is 6.53. The highest BCUT2D eigenvalue weighted by molar-refractivity contribution is 7.94. The van der Waals surface area contributed by atoms with Gasteiger partial charge in [0.1, 0.15) is 0 Å². The largest absolute Gasteiger partial charge is 0.353 e. The quantitative estimate of drug-likeness (QED) is 0.826. The Bertz CT molecular complexity index is 584. The Labute approximate surface area is 151 Å². The summed E-state index contributed by atoms with van der Waals surface area (Å²) in [4.78, 5) is 24.6. The van der Waals surface area contributed by atoms with Gasteiger partial charge in [-0.05, 0) is 57.3 Å². The fraction of sp³-hybridized carbons (Fsp3) is 0.895. The molecule has 142 valence electrons. The number of nitrogens with one attached hydrogen (secondary N) is 1. The summed E-state index contributed by atoms with van der Waals surface area (Å²) >= 11 is 0. The second-order valence-corrected chi connectivity index (χ2v) is 10.7. The lowest BCUT2D eigenvalue weighted by molar-refractivity contribution is -0.123. The number of carbonyl (C=O) groups excluding carboxylic acids is 2. The molecule has 1 heterocycles. The van der Waals surface area contributed by atoms with Gasteiger partial charge in [0.05, 0.1) is 9.73 Å². The van der Waals surface area contributed by atoms with E-state index in [0.717, 1.165) is 38.5 Å². The third-order valence-corrected chi connectivity index (χ3v) is 8.44. The third kappa shape index (κ3) is 5.53. The van der Waals surface area contributed by atoms with Crippen molar-refractivity contribution in [2.75, 3.05) is 11.5 Å². The van der Waals surface area contributed by atoms with E-state index < -0.39 is 9.73 Å². The molecule has 25 heavy (non-hydrogen) atoms.